The van der Waals surface area contributed by atoms with E-state index >= 15 is 0 Å². The molecule has 2 nitrogen and oxygen atoms in total. The predicted octanol–water partition coefficient (Wildman–Crippen LogP) is 3.75. The lowest BCUT2D eigenvalue weighted by Crippen LogP contribution is -2.43. The van der Waals surface area contributed by atoms with E-state index in [1.54, 1.807) is 0 Å². The molecule has 2 fully saturated rings. The van der Waals surface area contributed by atoms with Crippen LogP contribution in [-0.4, -0.2) is 24.8 Å². The smallest absolute Gasteiger partial charge is 0.0565 e. The highest BCUT2D eigenvalue weighted by Gasteiger charge is 2.25. The van der Waals surface area contributed by atoms with Crippen molar-refractivity contribution in [3.63, 3.8) is 0 Å². The Labute approximate surface area is 113 Å². The Kier molecular flexibility index (Phi) is 5.50. The zero-order valence-electron chi connectivity index (χ0n) is 12.5. The molecule has 0 aromatic heterocycles. The van der Waals surface area contributed by atoms with Gasteiger partial charge in [-0.15, -0.1) is 0 Å². The van der Waals surface area contributed by atoms with Gasteiger partial charge in [-0.25, -0.2) is 0 Å². The average molecular weight is 253 g/mol. The summed E-state index contributed by atoms with van der Waals surface area (Å²) in [6.45, 7) is 7.99. The maximum Gasteiger partial charge on any atom is 0.0565 e. The summed E-state index contributed by atoms with van der Waals surface area (Å²) < 4.78 is 5.80. The molecule has 1 heterocycles. The molecule has 2 heteroatoms. The second kappa shape index (κ2) is 6.91. The highest BCUT2D eigenvalue weighted by molar-refractivity contribution is 4.81. The van der Waals surface area contributed by atoms with Gasteiger partial charge in [-0.05, 0) is 57.9 Å². The Bertz CT molecular complexity index is 225. The first-order chi connectivity index (χ1) is 8.67. The first-order valence-corrected chi connectivity index (χ1v) is 8.06. The van der Waals surface area contributed by atoms with Crippen LogP contribution in [0, 0.1) is 11.8 Å². The van der Waals surface area contributed by atoms with Crippen LogP contribution >= 0.6 is 0 Å². The van der Waals surface area contributed by atoms with Crippen molar-refractivity contribution in [2.75, 3.05) is 6.54 Å². The Morgan fingerprint density at radius 2 is 1.50 bits per heavy atom. The van der Waals surface area contributed by atoms with Crippen LogP contribution in [0.5, 0.6) is 0 Å². The molecule has 0 aromatic carbocycles. The quantitative estimate of drug-likeness (QED) is 0.824. The van der Waals surface area contributed by atoms with E-state index in [2.05, 4.69) is 26.1 Å². The van der Waals surface area contributed by atoms with Crippen LogP contribution in [0.4, 0.5) is 0 Å². The molecule has 2 atom stereocenters. The van der Waals surface area contributed by atoms with Crippen LogP contribution in [0.1, 0.15) is 65.7 Å². The molecular weight excluding hydrogens is 222 g/mol. The van der Waals surface area contributed by atoms with Gasteiger partial charge in [0.15, 0.2) is 0 Å². The number of rotatable bonds is 4. The third-order valence-corrected chi connectivity index (χ3v) is 4.94. The molecule has 0 bridgehead atoms. The SMILES string of the molecule is CCC1CCC(CNC2CC(C)OC(C)C2)CC1. The van der Waals surface area contributed by atoms with E-state index in [1.807, 2.05) is 0 Å². The zero-order chi connectivity index (χ0) is 13.0. The summed E-state index contributed by atoms with van der Waals surface area (Å²) in [5, 5.41) is 3.80. The van der Waals surface area contributed by atoms with E-state index in [4.69, 9.17) is 4.74 Å². The summed E-state index contributed by atoms with van der Waals surface area (Å²) in [6, 6.07) is 0.688. The van der Waals surface area contributed by atoms with Crippen molar-refractivity contribution in [1.29, 1.82) is 0 Å². The highest BCUT2D eigenvalue weighted by Crippen LogP contribution is 2.30. The van der Waals surface area contributed by atoms with E-state index < -0.39 is 0 Å². The van der Waals surface area contributed by atoms with Crippen molar-refractivity contribution in [1.82, 2.24) is 5.32 Å². The summed E-state index contributed by atoms with van der Waals surface area (Å²) in [5.74, 6) is 1.95. The molecule has 1 saturated heterocycles. The van der Waals surface area contributed by atoms with Crippen LogP contribution in [-0.2, 0) is 4.74 Å². The topological polar surface area (TPSA) is 21.3 Å². The highest BCUT2D eigenvalue weighted by atomic mass is 16.5. The first kappa shape index (κ1) is 14.3. The number of ether oxygens (including phenoxy) is 1. The standard InChI is InChI=1S/C16H31NO/c1-4-14-5-7-15(8-6-14)11-17-16-9-12(2)18-13(3)10-16/h12-17H,4-11H2,1-3H3. The molecule has 18 heavy (non-hydrogen) atoms. The molecule has 1 N–H and O–H groups in total. The number of nitrogens with one attached hydrogen (secondary N) is 1. The summed E-state index contributed by atoms with van der Waals surface area (Å²) >= 11 is 0. The molecule has 0 aromatic rings. The minimum Gasteiger partial charge on any atom is -0.375 e. The lowest BCUT2D eigenvalue weighted by atomic mass is 9.80. The van der Waals surface area contributed by atoms with Gasteiger partial charge < -0.3 is 10.1 Å². The Hall–Kier alpha value is -0.0800. The van der Waals surface area contributed by atoms with Crippen LogP contribution in [0.3, 0.4) is 0 Å². The number of hydrogen-bond acceptors (Lipinski definition) is 2. The van der Waals surface area contributed by atoms with Gasteiger partial charge in [0.1, 0.15) is 0 Å². The summed E-state index contributed by atoms with van der Waals surface area (Å²) in [7, 11) is 0. The van der Waals surface area contributed by atoms with E-state index in [0.717, 1.165) is 11.8 Å². The van der Waals surface area contributed by atoms with Gasteiger partial charge in [0.2, 0.25) is 0 Å². The lowest BCUT2D eigenvalue weighted by Gasteiger charge is -2.34. The Morgan fingerprint density at radius 3 is 2.06 bits per heavy atom. The van der Waals surface area contributed by atoms with Gasteiger partial charge in [-0.3, -0.25) is 0 Å². The van der Waals surface area contributed by atoms with Gasteiger partial charge in [-0.1, -0.05) is 26.2 Å². The molecule has 0 spiro atoms. The fourth-order valence-electron chi connectivity index (χ4n) is 3.75. The molecule has 0 radical (unpaired) electrons. The van der Waals surface area contributed by atoms with Crippen LogP contribution in [0.15, 0.2) is 0 Å². The maximum absolute atomic E-state index is 5.80. The fraction of sp³-hybridized carbons (Fsp3) is 1.00. The Balaban J connectivity index is 1.65. The van der Waals surface area contributed by atoms with Crippen molar-refractivity contribution in [2.24, 2.45) is 11.8 Å². The van der Waals surface area contributed by atoms with Gasteiger partial charge in [-0.2, -0.15) is 0 Å². The van der Waals surface area contributed by atoms with Gasteiger partial charge in [0, 0.05) is 6.04 Å². The first-order valence-electron chi connectivity index (χ1n) is 8.06. The molecule has 1 aliphatic carbocycles. The van der Waals surface area contributed by atoms with Gasteiger partial charge in [0.05, 0.1) is 12.2 Å². The molecule has 0 amide bonds. The number of hydrogen-bond donors (Lipinski definition) is 1. The summed E-state index contributed by atoms with van der Waals surface area (Å²) in [6.07, 6.45) is 10.4. The largest absolute Gasteiger partial charge is 0.375 e. The normalized spacial score (nSPS) is 41.8. The monoisotopic (exact) mass is 253 g/mol. The van der Waals surface area contributed by atoms with Crippen molar-refractivity contribution in [2.45, 2.75) is 84.0 Å². The predicted molar refractivity (Wildman–Crippen MR) is 76.8 cm³/mol. The minimum atomic E-state index is 0.432. The molecule has 2 unspecified atom stereocenters. The molecule has 1 aliphatic heterocycles. The molecular formula is C16H31NO. The summed E-state index contributed by atoms with van der Waals surface area (Å²) in [4.78, 5) is 0. The molecule has 2 aliphatic rings. The third kappa shape index (κ3) is 4.24. The summed E-state index contributed by atoms with van der Waals surface area (Å²) in [5.41, 5.74) is 0. The van der Waals surface area contributed by atoms with Crippen molar-refractivity contribution in [3.05, 3.63) is 0 Å². The van der Waals surface area contributed by atoms with E-state index in [9.17, 15) is 0 Å². The van der Waals surface area contributed by atoms with Crippen molar-refractivity contribution < 1.29 is 4.74 Å². The lowest BCUT2D eigenvalue weighted by molar-refractivity contribution is -0.0426. The zero-order valence-corrected chi connectivity index (χ0v) is 12.5. The molecule has 106 valence electrons. The average Bonchev–Trinajstić information content (AvgIpc) is 2.36. The van der Waals surface area contributed by atoms with Crippen LogP contribution < -0.4 is 5.32 Å². The van der Waals surface area contributed by atoms with Gasteiger partial charge in [0.25, 0.3) is 0 Å². The maximum atomic E-state index is 5.80. The third-order valence-electron chi connectivity index (χ3n) is 4.94. The fourth-order valence-corrected chi connectivity index (χ4v) is 3.75. The van der Waals surface area contributed by atoms with E-state index in [0.29, 0.717) is 18.2 Å². The van der Waals surface area contributed by atoms with Crippen molar-refractivity contribution in [3.8, 4) is 0 Å². The van der Waals surface area contributed by atoms with Gasteiger partial charge >= 0.3 is 0 Å². The van der Waals surface area contributed by atoms with E-state index in [1.165, 1.54) is 51.5 Å². The van der Waals surface area contributed by atoms with Crippen molar-refractivity contribution >= 4 is 0 Å². The molecule has 1 saturated carbocycles. The second-order valence-corrected chi connectivity index (χ2v) is 6.63. The van der Waals surface area contributed by atoms with Crippen LogP contribution in [0.2, 0.25) is 0 Å². The molecule has 2 rings (SSSR count). The second-order valence-electron chi connectivity index (χ2n) is 6.63. The Morgan fingerprint density at radius 1 is 0.944 bits per heavy atom. The van der Waals surface area contributed by atoms with Crippen LogP contribution in [0.25, 0.3) is 0 Å². The minimum absolute atomic E-state index is 0.432. The van der Waals surface area contributed by atoms with E-state index in [-0.39, 0.29) is 0 Å².